The Kier molecular flexibility index (Phi) is 3.48. The van der Waals surface area contributed by atoms with Crippen molar-refractivity contribution in [2.45, 2.75) is 46.0 Å². The van der Waals surface area contributed by atoms with Crippen LogP contribution in [0.2, 0.25) is 0 Å². The molecule has 1 aliphatic carbocycles. The number of hydrogen-bond acceptors (Lipinski definition) is 1. The molecule has 1 saturated carbocycles. The van der Waals surface area contributed by atoms with Crippen molar-refractivity contribution in [3.63, 3.8) is 0 Å². The lowest BCUT2D eigenvalue weighted by Gasteiger charge is -2.30. The fraction of sp³-hybridized carbons (Fsp3) is 1.00. The average Bonchev–Trinajstić information content (AvgIpc) is 2.44. The standard InChI is InChI=1S/C13H25N/c1-11(2)8-13-6-7-14(10-13)9-12-4-3-5-12/h11-13H,3-10H2,1-2H3. The van der Waals surface area contributed by atoms with Crippen LogP contribution in [0.15, 0.2) is 0 Å². The number of hydrogen-bond donors (Lipinski definition) is 0. The number of nitrogens with zero attached hydrogens (tertiary/aromatic N) is 1. The van der Waals surface area contributed by atoms with E-state index in [4.69, 9.17) is 0 Å². The summed E-state index contributed by atoms with van der Waals surface area (Å²) in [5, 5.41) is 0. The summed E-state index contributed by atoms with van der Waals surface area (Å²) < 4.78 is 0. The van der Waals surface area contributed by atoms with E-state index in [1.807, 2.05) is 0 Å². The Morgan fingerprint density at radius 1 is 1.14 bits per heavy atom. The van der Waals surface area contributed by atoms with Gasteiger partial charge in [-0.15, -0.1) is 0 Å². The lowest BCUT2D eigenvalue weighted by atomic mass is 9.85. The highest BCUT2D eigenvalue weighted by molar-refractivity contribution is 4.80. The predicted octanol–water partition coefficient (Wildman–Crippen LogP) is 3.15. The molecule has 0 N–H and O–H groups in total. The first-order chi connectivity index (χ1) is 6.74. The van der Waals surface area contributed by atoms with Gasteiger partial charge in [0, 0.05) is 13.1 Å². The number of likely N-dealkylation sites (tertiary alicyclic amines) is 1. The third-order valence-electron chi connectivity index (χ3n) is 3.92. The normalized spacial score (nSPS) is 29.8. The van der Waals surface area contributed by atoms with Crippen molar-refractivity contribution < 1.29 is 0 Å². The van der Waals surface area contributed by atoms with Crippen molar-refractivity contribution in [1.82, 2.24) is 4.90 Å². The van der Waals surface area contributed by atoms with Crippen molar-refractivity contribution in [1.29, 1.82) is 0 Å². The average molecular weight is 195 g/mol. The largest absolute Gasteiger partial charge is 0.303 e. The van der Waals surface area contributed by atoms with Crippen LogP contribution in [-0.4, -0.2) is 24.5 Å². The zero-order chi connectivity index (χ0) is 9.97. The highest BCUT2D eigenvalue weighted by atomic mass is 15.1. The minimum atomic E-state index is 0.892. The molecule has 1 heteroatoms. The molecular weight excluding hydrogens is 170 g/mol. The van der Waals surface area contributed by atoms with Crippen molar-refractivity contribution in [3.05, 3.63) is 0 Å². The van der Waals surface area contributed by atoms with E-state index in [-0.39, 0.29) is 0 Å². The molecule has 0 aromatic heterocycles. The van der Waals surface area contributed by atoms with Gasteiger partial charge in [-0.05, 0) is 50.0 Å². The summed E-state index contributed by atoms with van der Waals surface area (Å²) >= 11 is 0. The first-order valence-corrected chi connectivity index (χ1v) is 6.46. The van der Waals surface area contributed by atoms with Crippen LogP contribution in [-0.2, 0) is 0 Å². The van der Waals surface area contributed by atoms with Gasteiger partial charge in [0.2, 0.25) is 0 Å². The minimum absolute atomic E-state index is 0.892. The maximum atomic E-state index is 2.72. The van der Waals surface area contributed by atoms with Crippen LogP contribution in [0.25, 0.3) is 0 Å². The van der Waals surface area contributed by atoms with Gasteiger partial charge in [-0.2, -0.15) is 0 Å². The van der Waals surface area contributed by atoms with E-state index in [9.17, 15) is 0 Å². The van der Waals surface area contributed by atoms with E-state index in [0.717, 1.165) is 17.8 Å². The quantitative estimate of drug-likeness (QED) is 0.666. The molecule has 0 spiro atoms. The molecule has 1 heterocycles. The smallest absolute Gasteiger partial charge is 0.00103 e. The zero-order valence-electron chi connectivity index (χ0n) is 9.84. The Hall–Kier alpha value is -0.0400. The Morgan fingerprint density at radius 3 is 2.50 bits per heavy atom. The van der Waals surface area contributed by atoms with Gasteiger partial charge in [0.25, 0.3) is 0 Å². The van der Waals surface area contributed by atoms with Crippen LogP contribution in [0.4, 0.5) is 0 Å². The first-order valence-electron chi connectivity index (χ1n) is 6.46. The Morgan fingerprint density at radius 2 is 1.93 bits per heavy atom. The van der Waals surface area contributed by atoms with Crippen molar-refractivity contribution >= 4 is 0 Å². The molecule has 2 fully saturated rings. The van der Waals surface area contributed by atoms with Gasteiger partial charge in [-0.1, -0.05) is 20.3 Å². The lowest BCUT2D eigenvalue weighted by molar-refractivity contribution is 0.198. The maximum Gasteiger partial charge on any atom is 0.00103 e. The fourth-order valence-corrected chi connectivity index (χ4v) is 2.98. The van der Waals surface area contributed by atoms with Gasteiger partial charge in [0.05, 0.1) is 0 Å². The molecule has 0 bridgehead atoms. The second-order valence-electron chi connectivity index (χ2n) is 5.84. The highest BCUT2D eigenvalue weighted by Crippen LogP contribution is 2.30. The highest BCUT2D eigenvalue weighted by Gasteiger charge is 2.27. The third-order valence-corrected chi connectivity index (χ3v) is 3.92. The third kappa shape index (κ3) is 2.73. The summed E-state index contributed by atoms with van der Waals surface area (Å²) in [4.78, 5) is 2.72. The second-order valence-corrected chi connectivity index (χ2v) is 5.84. The monoisotopic (exact) mass is 195 g/mol. The Labute approximate surface area is 88.9 Å². The summed E-state index contributed by atoms with van der Waals surface area (Å²) in [6, 6.07) is 0. The summed E-state index contributed by atoms with van der Waals surface area (Å²) in [6.45, 7) is 8.90. The maximum absolute atomic E-state index is 2.72. The van der Waals surface area contributed by atoms with Crippen molar-refractivity contribution in [2.75, 3.05) is 19.6 Å². The lowest BCUT2D eigenvalue weighted by Crippen LogP contribution is -2.30. The summed E-state index contributed by atoms with van der Waals surface area (Å²) in [6.07, 6.45) is 7.41. The molecule has 0 aromatic carbocycles. The summed E-state index contributed by atoms with van der Waals surface area (Å²) in [5.74, 6) is 2.96. The number of rotatable bonds is 4. The second kappa shape index (κ2) is 4.65. The zero-order valence-corrected chi connectivity index (χ0v) is 9.84. The first kappa shape index (κ1) is 10.5. The summed E-state index contributed by atoms with van der Waals surface area (Å²) in [7, 11) is 0. The van der Waals surface area contributed by atoms with Crippen LogP contribution in [0.5, 0.6) is 0 Å². The van der Waals surface area contributed by atoms with Gasteiger partial charge < -0.3 is 4.90 Å². The molecule has 2 rings (SSSR count). The van der Waals surface area contributed by atoms with Gasteiger partial charge in [-0.25, -0.2) is 0 Å². The van der Waals surface area contributed by atoms with E-state index in [1.165, 1.54) is 51.7 Å². The SMILES string of the molecule is CC(C)CC1CCN(CC2CCC2)C1. The van der Waals surface area contributed by atoms with Gasteiger partial charge in [-0.3, -0.25) is 0 Å². The van der Waals surface area contributed by atoms with Crippen LogP contribution < -0.4 is 0 Å². The van der Waals surface area contributed by atoms with Crippen LogP contribution in [0.1, 0.15) is 46.0 Å². The predicted molar refractivity (Wildman–Crippen MR) is 61.3 cm³/mol. The minimum Gasteiger partial charge on any atom is -0.303 e. The molecule has 2 aliphatic rings. The van der Waals surface area contributed by atoms with E-state index < -0.39 is 0 Å². The molecule has 1 saturated heterocycles. The fourth-order valence-electron chi connectivity index (χ4n) is 2.98. The molecule has 1 atom stereocenters. The van der Waals surface area contributed by atoms with E-state index in [2.05, 4.69) is 18.7 Å². The molecule has 1 unspecified atom stereocenters. The summed E-state index contributed by atoms with van der Waals surface area (Å²) in [5.41, 5.74) is 0. The van der Waals surface area contributed by atoms with Gasteiger partial charge in [0.15, 0.2) is 0 Å². The van der Waals surface area contributed by atoms with E-state index in [1.54, 1.807) is 0 Å². The van der Waals surface area contributed by atoms with Crippen molar-refractivity contribution in [3.8, 4) is 0 Å². The molecule has 82 valence electrons. The van der Waals surface area contributed by atoms with Crippen molar-refractivity contribution in [2.24, 2.45) is 17.8 Å². The van der Waals surface area contributed by atoms with Crippen LogP contribution in [0.3, 0.4) is 0 Å². The molecule has 0 radical (unpaired) electrons. The molecule has 1 nitrogen and oxygen atoms in total. The van der Waals surface area contributed by atoms with E-state index >= 15 is 0 Å². The Bertz CT molecular complexity index is 172. The molecule has 0 amide bonds. The molecule has 14 heavy (non-hydrogen) atoms. The van der Waals surface area contributed by atoms with Crippen LogP contribution >= 0.6 is 0 Å². The van der Waals surface area contributed by atoms with Gasteiger partial charge in [0.1, 0.15) is 0 Å². The van der Waals surface area contributed by atoms with Gasteiger partial charge >= 0.3 is 0 Å². The van der Waals surface area contributed by atoms with Crippen LogP contribution in [0, 0.1) is 17.8 Å². The molecule has 1 aliphatic heterocycles. The topological polar surface area (TPSA) is 3.24 Å². The Balaban J connectivity index is 1.66. The molecule has 0 aromatic rings. The molecular formula is C13H25N. The van der Waals surface area contributed by atoms with E-state index in [0.29, 0.717) is 0 Å².